The van der Waals surface area contributed by atoms with E-state index in [2.05, 4.69) is 5.32 Å². The van der Waals surface area contributed by atoms with Crippen LogP contribution >= 0.6 is 0 Å². The van der Waals surface area contributed by atoms with Gasteiger partial charge < -0.3 is 5.32 Å². The standard InChI is InChI=1S/C13H19F3N2O2/c1-18-11(19)6-5-10(12(18)20)17-9-4-2-3-8(7-9)13(14,15)16/h8-10,17H,2-7H2,1H3. The van der Waals surface area contributed by atoms with E-state index in [4.69, 9.17) is 0 Å². The molecule has 3 atom stereocenters. The zero-order valence-corrected chi connectivity index (χ0v) is 11.4. The molecule has 2 amide bonds. The minimum atomic E-state index is -4.16. The maximum Gasteiger partial charge on any atom is 0.391 e. The van der Waals surface area contributed by atoms with Gasteiger partial charge >= 0.3 is 6.18 Å². The fourth-order valence-corrected chi connectivity index (χ4v) is 2.99. The highest BCUT2D eigenvalue weighted by Gasteiger charge is 2.43. The first-order valence-corrected chi connectivity index (χ1v) is 6.92. The number of rotatable bonds is 2. The smallest absolute Gasteiger partial charge is 0.303 e. The number of nitrogens with one attached hydrogen (secondary N) is 1. The van der Waals surface area contributed by atoms with E-state index >= 15 is 0 Å². The van der Waals surface area contributed by atoms with Gasteiger partial charge in [0, 0.05) is 19.5 Å². The predicted octanol–water partition coefficient (Wildman–Crippen LogP) is 1.84. The van der Waals surface area contributed by atoms with E-state index < -0.39 is 18.1 Å². The molecular weight excluding hydrogens is 273 g/mol. The molecule has 0 aromatic rings. The zero-order valence-electron chi connectivity index (χ0n) is 11.4. The molecule has 7 heteroatoms. The van der Waals surface area contributed by atoms with Crippen LogP contribution in [0.4, 0.5) is 13.2 Å². The number of amides is 2. The molecular formula is C13H19F3N2O2. The molecule has 2 aliphatic rings. The first kappa shape index (κ1) is 15.3. The normalized spacial score (nSPS) is 32.6. The lowest BCUT2D eigenvalue weighted by molar-refractivity contribution is -0.183. The minimum Gasteiger partial charge on any atom is -0.303 e. The van der Waals surface area contributed by atoms with Crippen LogP contribution in [0.25, 0.3) is 0 Å². The van der Waals surface area contributed by atoms with Gasteiger partial charge in [-0.05, 0) is 25.7 Å². The molecule has 2 fully saturated rings. The number of nitrogens with zero attached hydrogens (tertiary/aromatic N) is 1. The lowest BCUT2D eigenvalue weighted by Gasteiger charge is -2.35. The fourth-order valence-electron chi connectivity index (χ4n) is 2.99. The molecule has 0 aromatic carbocycles. The van der Waals surface area contributed by atoms with Gasteiger partial charge in [0.1, 0.15) is 0 Å². The Morgan fingerprint density at radius 3 is 2.55 bits per heavy atom. The third-order valence-electron chi connectivity index (χ3n) is 4.22. The zero-order chi connectivity index (χ0) is 14.9. The highest BCUT2D eigenvalue weighted by atomic mass is 19.4. The van der Waals surface area contributed by atoms with E-state index in [1.165, 1.54) is 7.05 Å². The maximum atomic E-state index is 12.7. The van der Waals surface area contributed by atoms with Crippen molar-refractivity contribution in [1.29, 1.82) is 0 Å². The third-order valence-corrected chi connectivity index (χ3v) is 4.22. The van der Waals surface area contributed by atoms with Gasteiger partial charge in [0.25, 0.3) is 0 Å². The van der Waals surface area contributed by atoms with Crippen LogP contribution in [0.1, 0.15) is 38.5 Å². The Bertz CT molecular complexity index is 398. The van der Waals surface area contributed by atoms with Crippen molar-refractivity contribution in [3.63, 3.8) is 0 Å². The number of carbonyl (C=O) groups is 2. The predicted molar refractivity (Wildman–Crippen MR) is 65.7 cm³/mol. The first-order valence-electron chi connectivity index (χ1n) is 6.92. The quantitative estimate of drug-likeness (QED) is 0.790. The Balaban J connectivity index is 1.93. The Kier molecular flexibility index (Phi) is 4.36. The number of likely N-dealkylation sites (N-methyl/N-ethyl adjacent to an activating group) is 1. The van der Waals surface area contributed by atoms with Crippen molar-refractivity contribution in [3.05, 3.63) is 0 Å². The summed E-state index contributed by atoms with van der Waals surface area (Å²) in [6, 6.07) is -0.833. The summed E-state index contributed by atoms with van der Waals surface area (Å²) in [5.41, 5.74) is 0. The number of imide groups is 1. The maximum absolute atomic E-state index is 12.7. The van der Waals surface area contributed by atoms with Crippen molar-refractivity contribution >= 4 is 11.8 Å². The molecule has 1 N–H and O–H groups in total. The summed E-state index contributed by atoms with van der Waals surface area (Å²) >= 11 is 0. The van der Waals surface area contributed by atoms with Crippen molar-refractivity contribution in [2.75, 3.05) is 7.05 Å². The Morgan fingerprint density at radius 1 is 1.20 bits per heavy atom. The van der Waals surface area contributed by atoms with Crippen LogP contribution in [-0.4, -0.2) is 42.0 Å². The van der Waals surface area contributed by atoms with Crippen LogP contribution in [-0.2, 0) is 9.59 Å². The molecule has 1 heterocycles. The molecule has 1 aliphatic carbocycles. The van der Waals surface area contributed by atoms with Crippen molar-refractivity contribution in [3.8, 4) is 0 Å². The second-order valence-corrected chi connectivity index (χ2v) is 5.65. The molecule has 4 nitrogen and oxygen atoms in total. The van der Waals surface area contributed by atoms with E-state index in [0.717, 1.165) is 4.90 Å². The lowest BCUT2D eigenvalue weighted by Crippen LogP contribution is -2.55. The van der Waals surface area contributed by atoms with E-state index in [1.807, 2.05) is 0 Å². The average Bonchev–Trinajstić information content (AvgIpc) is 2.39. The van der Waals surface area contributed by atoms with Crippen LogP contribution in [0, 0.1) is 5.92 Å². The molecule has 0 radical (unpaired) electrons. The summed E-state index contributed by atoms with van der Waals surface area (Å²) in [6.45, 7) is 0. The second-order valence-electron chi connectivity index (χ2n) is 5.65. The first-order chi connectivity index (χ1) is 9.29. The highest BCUT2D eigenvalue weighted by Crippen LogP contribution is 2.37. The number of likely N-dealkylation sites (tertiary alicyclic amines) is 1. The number of halogens is 3. The lowest BCUT2D eigenvalue weighted by atomic mass is 9.84. The average molecular weight is 292 g/mol. The topological polar surface area (TPSA) is 49.4 Å². The van der Waals surface area contributed by atoms with Crippen molar-refractivity contribution in [2.45, 2.75) is 56.8 Å². The van der Waals surface area contributed by atoms with Gasteiger partial charge in [-0.15, -0.1) is 0 Å². The molecule has 2 rings (SSSR count). The van der Waals surface area contributed by atoms with E-state index in [-0.39, 0.29) is 37.1 Å². The molecule has 0 bridgehead atoms. The highest BCUT2D eigenvalue weighted by molar-refractivity contribution is 6.00. The Morgan fingerprint density at radius 2 is 1.90 bits per heavy atom. The van der Waals surface area contributed by atoms with Gasteiger partial charge in [0.15, 0.2) is 0 Å². The Hall–Kier alpha value is -1.11. The molecule has 0 aromatic heterocycles. The van der Waals surface area contributed by atoms with Crippen molar-refractivity contribution in [1.82, 2.24) is 10.2 Å². The molecule has 3 unspecified atom stereocenters. The number of piperidine rings is 1. The van der Waals surface area contributed by atoms with Crippen LogP contribution in [0.3, 0.4) is 0 Å². The number of carbonyl (C=O) groups excluding carboxylic acids is 2. The summed E-state index contributed by atoms with van der Waals surface area (Å²) in [4.78, 5) is 24.3. The van der Waals surface area contributed by atoms with Gasteiger partial charge in [0.2, 0.25) is 11.8 Å². The Labute approximate surface area is 115 Å². The fraction of sp³-hybridized carbons (Fsp3) is 0.846. The van der Waals surface area contributed by atoms with Crippen LogP contribution in [0.15, 0.2) is 0 Å². The van der Waals surface area contributed by atoms with E-state index in [9.17, 15) is 22.8 Å². The molecule has 1 saturated heterocycles. The summed E-state index contributed by atoms with van der Waals surface area (Å²) in [7, 11) is 1.41. The third kappa shape index (κ3) is 3.31. The van der Waals surface area contributed by atoms with Gasteiger partial charge in [0.05, 0.1) is 12.0 Å². The van der Waals surface area contributed by atoms with Crippen LogP contribution in [0.5, 0.6) is 0 Å². The number of hydrogen-bond donors (Lipinski definition) is 1. The minimum absolute atomic E-state index is 0.0188. The van der Waals surface area contributed by atoms with E-state index in [0.29, 0.717) is 19.3 Å². The van der Waals surface area contributed by atoms with E-state index in [1.54, 1.807) is 0 Å². The molecule has 20 heavy (non-hydrogen) atoms. The van der Waals surface area contributed by atoms with Crippen LogP contribution < -0.4 is 5.32 Å². The summed E-state index contributed by atoms with van der Waals surface area (Å²) in [5, 5.41) is 3.02. The van der Waals surface area contributed by atoms with Crippen LogP contribution in [0.2, 0.25) is 0 Å². The van der Waals surface area contributed by atoms with Gasteiger partial charge in [-0.2, -0.15) is 13.2 Å². The summed E-state index contributed by atoms with van der Waals surface area (Å²) < 4.78 is 38.2. The number of hydrogen-bond acceptors (Lipinski definition) is 3. The second kappa shape index (κ2) is 5.71. The van der Waals surface area contributed by atoms with Crippen molar-refractivity contribution < 1.29 is 22.8 Å². The van der Waals surface area contributed by atoms with Gasteiger partial charge in [-0.25, -0.2) is 0 Å². The molecule has 0 spiro atoms. The summed E-state index contributed by atoms with van der Waals surface area (Å²) in [5.74, 6) is -1.85. The van der Waals surface area contributed by atoms with Gasteiger partial charge in [-0.3, -0.25) is 14.5 Å². The monoisotopic (exact) mass is 292 g/mol. The SMILES string of the molecule is CN1C(=O)CCC(NC2CCCC(C(F)(F)F)C2)C1=O. The molecule has 114 valence electrons. The number of alkyl halides is 3. The summed E-state index contributed by atoms with van der Waals surface area (Å²) in [6.07, 6.45) is -2.19. The van der Waals surface area contributed by atoms with Gasteiger partial charge in [-0.1, -0.05) is 6.42 Å². The largest absolute Gasteiger partial charge is 0.391 e. The molecule has 1 saturated carbocycles. The molecule has 1 aliphatic heterocycles. The van der Waals surface area contributed by atoms with Crippen molar-refractivity contribution in [2.24, 2.45) is 5.92 Å².